The van der Waals surface area contributed by atoms with Crippen LogP contribution in [0.3, 0.4) is 0 Å². The summed E-state index contributed by atoms with van der Waals surface area (Å²) in [6, 6.07) is 5.80. The zero-order valence-electron chi connectivity index (χ0n) is 14.2. The Morgan fingerprint density at radius 3 is 2.43 bits per heavy atom. The molecule has 0 N–H and O–H groups in total. The van der Waals surface area contributed by atoms with Crippen molar-refractivity contribution in [3.63, 3.8) is 0 Å². The lowest BCUT2D eigenvalue weighted by Crippen LogP contribution is -2.25. The molecule has 23 heavy (non-hydrogen) atoms. The van der Waals surface area contributed by atoms with Gasteiger partial charge in [-0.1, -0.05) is 25.1 Å². The molecule has 4 heteroatoms. The number of likely N-dealkylation sites (tertiary alicyclic amines) is 1. The molecule has 1 aliphatic rings. The lowest BCUT2D eigenvalue weighted by molar-refractivity contribution is -0.124. The van der Waals surface area contributed by atoms with Crippen LogP contribution < -0.4 is 9.47 Å². The molecule has 4 nitrogen and oxygen atoms in total. The molecular formula is C19H25NO3. The first-order chi connectivity index (χ1) is 11.2. The van der Waals surface area contributed by atoms with Crippen molar-refractivity contribution >= 4 is 12.0 Å². The minimum atomic E-state index is 0.106. The number of rotatable bonds is 6. The Balaban J connectivity index is 2.13. The highest BCUT2D eigenvalue weighted by molar-refractivity contribution is 5.88. The van der Waals surface area contributed by atoms with Crippen LogP contribution in [0.5, 0.6) is 11.5 Å². The van der Waals surface area contributed by atoms with Gasteiger partial charge in [-0.05, 0) is 42.5 Å². The molecular weight excluding hydrogens is 290 g/mol. The normalized spacial score (nSPS) is 15.3. The van der Waals surface area contributed by atoms with E-state index in [0.717, 1.165) is 43.5 Å². The maximum atomic E-state index is 12.1. The van der Waals surface area contributed by atoms with Crippen LogP contribution in [-0.4, -0.2) is 38.1 Å². The maximum Gasteiger partial charge on any atom is 0.246 e. The van der Waals surface area contributed by atoms with Crippen molar-refractivity contribution in [2.75, 3.05) is 27.3 Å². The van der Waals surface area contributed by atoms with Gasteiger partial charge < -0.3 is 14.4 Å². The van der Waals surface area contributed by atoms with Crippen molar-refractivity contribution in [1.29, 1.82) is 0 Å². The molecule has 0 atom stereocenters. The number of nitrogens with zero attached hydrogens (tertiary/aromatic N) is 1. The molecule has 0 unspecified atom stereocenters. The van der Waals surface area contributed by atoms with Crippen molar-refractivity contribution in [3.8, 4) is 11.5 Å². The van der Waals surface area contributed by atoms with E-state index in [2.05, 4.69) is 13.0 Å². The fourth-order valence-electron chi connectivity index (χ4n) is 2.65. The summed E-state index contributed by atoms with van der Waals surface area (Å²) in [4.78, 5) is 14.0. The number of ether oxygens (including phenoxy) is 2. The molecule has 1 amide bonds. The summed E-state index contributed by atoms with van der Waals surface area (Å²) >= 11 is 0. The molecule has 0 bridgehead atoms. The molecule has 2 rings (SSSR count). The van der Waals surface area contributed by atoms with Crippen LogP contribution in [0.1, 0.15) is 31.7 Å². The lowest BCUT2D eigenvalue weighted by Gasteiger charge is -2.12. The second kappa shape index (κ2) is 8.42. The molecule has 1 aliphatic heterocycles. The van der Waals surface area contributed by atoms with Gasteiger partial charge in [0.25, 0.3) is 0 Å². The van der Waals surface area contributed by atoms with E-state index in [-0.39, 0.29) is 5.91 Å². The average molecular weight is 315 g/mol. The van der Waals surface area contributed by atoms with Gasteiger partial charge in [0, 0.05) is 19.2 Å². The topological polar surface area (TPSA) is 38.8 Å². The van der Waals surface area contributed by atoms with Crippen molar-refractivity contribution in [2.24, 2.45) is 0 Å². The minimum Gasteiger partial charge on any atom is -0.493 e. The Morgan fingerprint density at radius 2 is 1.83 bits per heavy atom. The lowest BCUT2D eigenvalue weighted by atomic mass is 10.1. The van der Waals surface area contributed by atoms with Crippen molar-refractivity contribution < 1.29 is 14.3 Å². The second-order valence-corrected chi connectivity index (χ2v) is 5.55. The third kappa shape index (κ3) is 4.62. The average Bonchev–Trinajstić information content (AvgIpc) is 3.12. The van der Waals surface area contributed by atoms with E-state index in [0.29, 0.717) is 11.5 Å². The number of carbonyl (C=O) groups is 1. The Kier molecular flexibility index (Phi) is 6.27. The van der Waals surface area contributed by atoms with Crippen molar-refractivity contribution in [2.45, 2.75) is 26.2 Å². The fourth-order valence-corrected chi connectivity index (χ4v) is 2.65. The van der Waals surface area contributed by atoms with Gasteiger partial charge in [-0.15, -0.1) is 0 Å². The smallest absolute Gasteiger partial charge is 0.246 e. The van der Waals surface area contributed by atoms with E-state index >= 15 is 0 Å². The summed E-state index contributed by atoms with van der Waals surface area (Å²) < 4.78 is 10.6. The van der Waals surface area contributed by atoms with Crippen molar-refractivity contribution in [3.05, 3.63) is 41.5 Å². The Labute approximate surface area is 138 Å². The van der Waals surface area contributed by atoms with E-state index in [1.54, 1.807) is 20.3 Å². The molecule has 124 valence electrons. The second-order valence-electron chi connectivity index (χ2n) is 5.55. The third-order valence-electron chi connectivity index (χ3n) is 4.03. The summed E-state index contributed by atoms with van der Waals surface area (Å²) in [5.41, 5.74) is 2.13. The summed E-state index contributed by atoms with van der Waals surface area (Å²) in [5.74, 6) is 1.52. The van der Waals surface area contributed by atoms with Gasteiger partial charge in [0.1, 0.15) is 0 Å². The first kappa shape index (κ1) is 17.1. The summed E-state index contributed by atoms with van der Waals surface area (Å²) in [7, 11) is 3.25. The number of hydrogen-bond acceptors (Lipinski definition) is 3. The van der Waals surface area contributed by atoms with Gasteiger partial charge in [-0.3, -0.25) is 4.79 Å². The molecule has 1 heterocycles. The summed E-state index contributed by atoms with van der Waals surface area (Å²) in [6.45, 7) is 3.84. The van der Waals surface area contributed by atoms with E-state index in [1.807, 2.05) is 29.2 Å². The predicted octanol–water partition coefficient (Wildman–Crippen LogP) is 3.68. The largest absolute Gasteiger partial charge is 0.493 e. The van der Waals surface area contributed by atoms with Gasteiger partial charge in [-0.2, -0.15) is 0 Å². The van der Waals surface area contributed by atoms with Gasteiger partial charge >= 0.3 is 0 Å². The highest BCUT2D eigenvalue weighted by atomic mass is 16.5. The first-order valence-corrected chi connectivity index (χ1v) is 8.07. The van der Waals surface area contributed by atoms with E-state index in [9.17, 15) is 4.79 Å². The molecule has 0 radical (unpaired) electrons. The van der Waals surface area contributed by atoms with Gasteiger partial charge in [0.15, 0.2) is 11.5 Å². The van der Waals surface area contributed by atoms with Crippen LogP contribution in [0.4, 0.5) is 0 Å². The molecule has 0 spiro atoms. The first-order valence-electron chi connectivity index (χ1n) is 8.07. The number of carbonyl (C=O) groups excluding carboxylic acids is 1. The fraction of sp³-hybridized carbons (Fsp3) is 0.421. The maximum absolute atomic E-state index is 12.1. The zero-order valence-corrected chi connectivity index (χ0v) is 14.2. The number of allylic oxidation sites excluding steroid dienone is 2. The SMILES string of the molecule is CCC(/C=C/C(=O)N1CCCC1)=C\c1ccc(OC)c(OC)c1. The van der Waals surface area contributed by atoms with Gasteiger partial charge in [0.2, 0.25) is 5.91 Å². The molecule has 1 aromatic carbocycles. The minimum absolute atomic E-state index is 0.106. The van der Waals surface area contributed by atoms with Crippen LogP contribution in [0.25, 0.3) is 6.08 Å². The summed E-state index contributed by atoms with van der Waals surface area (Å²) in [6.07, 6.45) is 8.75. The van der Waals surface area contributed by atoms with Crippen molar-refractivity contribution in [1.82, 2.24) is 4.90 Å². The highest BCUT2D eigenvalue weighted by Crippen LogP contribution is 2.28. The monoisotopic (exact) mass is 315 g/mol. The van der Waals surface area contributed by atoms with Gasteiger partial charge in [-0.25, -0.2) is 0 Å². The molecule has 1 fully saturated rings. The third-order valence-corrected chi connectivity index (χ3v) is 4.03. The van der Waals surface area contributed by atoms with E-state index in [1.165, 1.54) is 0 Å². The number of methoxy groups -OCH3 is 2. The van der Waals surface area contributed by atoms with E-state index < -0.39 is 0 Å². The number of hydrogen-bond donors (Lipinski definition) is 0. The number of benzene rings is 1. The van der Waals surface area contributed by atoms with Crippen LogP contribution in [0, 0.1) is 0 Å². The van der Waals surface area contributed by atoms with E-state index in [4.69, 9.17) is 9.47 Å². The zero-order chi connectivity index (χ0) is 16.7. The summed E-state index contributed by atoms with van der Waals surface area (Å²) in [5, 5.41) is 0. The Morgan fingerprint density at radius 1 is 1.13 bits per heavy atom. The van der Waals surface area contributed by atoms with Crippen LogP contribution in [-0.2, 0) is 4.79 Å². The standard InChI is InChI=1S/C19H25NO3/c1-4-15(8-10-19(21)20-11-5-6-12-20)13-16-7-9-17(22-2)18(14-16)23-3/h7-10,13-14H,4-6,11-12H2,1-3H3/b10-8+,15-13+. The number of amides is 1. The molecule has 1 aromatic rings. The van der Waals surface area contributed by atoms with Crippen LogP contribution >= 0.6 is 0 Å². The van der Waals surface area contributed by atoms with Gasteiger partial charge in [0.05, 0.1) is 14.2 Å². The van der Waals surface area contributed by atoms with Crippen LogP contribution in [0.15, 0.2) is 35.9 Å². The highest BCUT2D eigenvalue weighted by Gasteiger charge is 2.15. The quantitative estimate of drug-likeness (QED) is 0.594. The van der Waals surface area contributed by atoms with Crippen LogP contribution in [0.2, 0.25) is 0 Å². The molecule has 0 saturated carbocycles. The molecule has 0 aliphatic carbocycles. The Hall–Kier alpha value is -2.23. The Bertz CT molecular complexity index is 599. The molecule has 0 aromatic heterocycles. The molecule has 1 saturated heterocycles. The predicted molar refractivity (Wildman–Crippen MR) is 92.8 cm³/mol.